The predicted molar refractivity (Wildman–Crippen MR) is 41.9 cm³/mol. The van der Waals surface area contributed by atoms with Crippen LogP contribution >= 0.6 is 0 Å². The molecule has 0 aliphatic carbocycles. The van der Waals surface area contributed by atoms with Gasteiger partial charge in [-0.25, -0.2) is 0 Å². The quantitative estimate of drug-likeness (QED) is 0.634. The summed E-state index contributed by atoms with van der Waals surface area (Å²) in [6.45, 7) is 0. The first-order chi connectivity index (χ1) is 5.97. The molecule has 0 saturated carbocycles. The summed E-state index contributed by atoms with van der Waals surface area (Å²) in [6.07, 6.45) is 1.30. The van der Waals surface area contributed by atoms with Crippen LogP contribution in [0.15, 0.2) is 30.6 Å². The molecule has 0 unspecified atom stereocenters. The van der Waals surface area contributed by atoms with Crippen LogP contribution in [-0.2, 0) is 0 Å². The largest absolute Gasteiger partial charge is 0.184 e. The summed E-state index contributed by atoms with van der Waals surface area (Å²) in [7, 11) is 0. The zero-order valence-electron chi connectivity index (χ0n) is 6.88. The van der Waals surface area contributed by atoms with Crippen molar-refractivity contribution < 1.29 is 0 Å². The Balaban J connectivity index is 0.000000845. The van der Waals surface area contributed by atoms with Gasteiger partial charge in [0.15, 0.2) is 12.2 Å². The number of hydrogen-bond donors (Lipinski definition) is 0. The molecule has 60 valence electrons. The molecule has 0 atom stereocenters. The second-order valence-electron chi connectivity index (χ2n) is 2.16. The molecule has 2 aromatic rings. The van der Waals surface area contributed by atoms with E-state index in [-0.39, 0.29) is 0 Å². The van der Waals surface area contributed by atoms with E-state index >= 15 is 0 Å². The topological polar surface area (TPSA) is 51.6 Å². The molecule has 1 aromatic heterocycles. The van der Waals surface area contributed by atoms with Crippen LogP contribution in [0.4, 0.5) is 0 Å². The van der Waals surface area contributed by atoms with Crippen molar-refractivity contribution in [3.05, 3.63) is 36.7 Å². The Kier molecular flexibility index (Phi) is 2.24. The van der Waals surface area contributed by atoms with Crippen molar-refractivity contribution in [2.24, 2.45) is 0 Å². The molecule has 0 spiro atoms. The van der Waals surface area contributed by atoms with E-state index in [0.717, 1.165) is 5.56 Å². The minimum absolute atomic E-state index is 0. The minimum atomic E-state index is 0. The molecule has 0 fully saturated rings. The van der Waals surface area contributed by atoms with Gasteiger partial charge in [-0.1, -0.05) is 5.56 Å². The Labute approximate surface area is 69.3 Å². The average molecular weight is 424 g/mol. The maximum Gasteiger partial charge on any atom is 0.179 e. The van der Waals surface area contributed by atoms with Crippen molar-refractivity contribution in [1.82, 2.24) is 20.4 Å². The van der Waals surface area contributed by atoms with Crippen LogP contribution in [0, 0.1) is 6.07 Å². The molecule has 0 aliphatic rings. The van der Waals surface area contributed by atoms with Gasteiger partial charge in [-0.05, 0) is 0 Å². The molecular formula is C8H5N4Rf-. The van der Waals surface area contributed by atoms with E-state index in [0.29, 0.717) is 5.82 Å². The van der Waals surface area contributed by atoms with Crippen LogP contribution in [0.2, 0.25) is 0 Å². The third-order valence-electron chi connectivity index (χ3n) is 1.38. The minimum Gasteiger partial charge on any atom is -0.184 e. The Morgan fingerprint density at radius 2 is 1.62 bits per heavy atom. The molecule has 0 saturated heterocycles. The second-order valence-corrected chi connectivity index (χ2v) is 2.16. The van der Waals surface area contributed by atoms with E-state index in [4.69, 9.17) is 0 Å². The van der Waals surface area contributed by atoms with Crippen LogP contribution in [0.25, 0.3) is 11.4 Å². The third-order valence-corrected chi connectivity index (χ3v) is 1.38. The van der Waals surface area contributed by atoms with Gasteiger partial charge >= 0.3 is 0 Å². The van der Waals surface area contributed by atoms with E-state index in [1.807, 2.05) is 12.1 Å². The van der Waals surface area contributed by atoms with Gasteiger partial charge in [0.1, 0.15) is 0 Å². The number of rotatable bonds is 1. The first-order valence-electron chi connectivity index (χ1n) is 3.43. The van der Waals surface area contributed by atoms with Crippen LogP contribution in [0.3, 0.4) is 0 Å². The Bertz CT molecular complexity index is 314. The molecule has 1 heterocycles. The van der Waals surface area contributed by atoms with E-state index in [9.17, 15) is 0 Å². The van der Waals surface area contributed by atoms with Crippen LogP contribution < -0.4 is 0 Å². The summed E-state index contributed by atoms with van der Waals surface area (Å²) in [4.78, 5) is 0. The predicted octanol–water partition coefficient (Wildman–Crippen LogP) is 0.734. The van der Waals surface area contributed by atoms with Crippen molar-refractivity contribution in [2.45, 2.75) is 0 Å². The van der Waals surface area contributed by atoms with Crippen LogP contribution in [0.1, 0.15) is 0 Å². The van der Waals surface area contributed by atoms with Crippen LogP contribution in [-0.4, -0.2) is 20.4 Å². The van der Waals surface area contributed by atoms with E-state index in [1.54, 1.807) is 12.1 Å². The monoisotopic (exact) mass is 424 g/mol. The Hall–Kier alpha value is -2.84. The molecule has 0 N–H and O–H groups in total. The molecule has 0 amide bonds. The van der Waals surface area contributed by atoms with Gasteiger partial charge in [0.2, 0.25) is 0 Å². The normalized spacial score (nSPS) is 8.92. The molecule has 13 heavy (non-hydrogen) atoms. The Morgan fingerprint density at radius 1 is 1.00 bits per heavy atom. The maximum atomic E-state index is 3.81. The smallest absolute Gasteiger partial charge is 0.179 e. The van der Waals surface area contributed by atoms with Gasteiger partial charge in [-0.3, -0.25) is 0 Å². The fourth-order valence-electron chi connectivity index (χ4n) is 0.856. The molecular weight excluding hydrogens is 419 g/mol. The van der Waals surface area contributed by atoms with Crippen molar-refractivity contribution in [3.63, 3.8) is 0 Å². The number of hydrogen-bond acceptors (Lipinski definition) is 4. The van der Waals surface area contributed by atoms with Gasteiger partial charge in [0.25, 0.3) is 0 Å². The van der Waals surface area contributed by atoms with Crippen molar-refractivity contribution in [3.8, 4) is 11.4 Å². The third kappa shape index (κ3) is 1.59. The summed E-state index contributed by atoms with van der Waals surface area (Å²) in [5.74, 6) is 0.534. The molecule has 0 bridgehead atoms. The zero-order chi connectivity index (χ0) is 8.23. The molecule has 0 aliphatic heterocycles. The van der Waals surface area contributed by atoms with Gasteiger partial charge in [0, 0.05) is 0 Å². The maximum absolute atomic E-state index is 3.81. The number of nitrogens with zero attached hydrogens (tertiary/aromatic N) is 4. The number of benzene rings is 1. The van der Waals surface area contributed by atoms with Gasteiger partial charge in [-0.15, -0.1) is 20.4 Å². The molecule has 2 rings (SSSR count). The van der Waals surface area contributed by atoms with E-state index in [1.165, 1.54) is 6.33 Å². The van der Waals surface area contributed by atoms with Crippen molar-refractivity contribution >= 4 is 0 Å². The van der Waals surface area contributed by atoms with E-state index < -0.39 is 0 Å². The first kappa shape index (κ1) is 8.26. The summed E-state index contributed by atoms with van der Waals surface area (Å²) in [5, 5.41) is 14.9. The summed E-state index contributed by atoms with van der Waals surface area (Å²) in [5.41, 5.74) is 0.898. The molecule has 5 heteroatoms. The summed E-state index contributed by atoms with van der Waals surface area (Å²) in [6, 6.07) is 10.2. The van der Waals surface area contributed by atoms with Crippen molar-refractivity contribution in [1.29, 1.82) is 0 Å². The summed E-state index contributed by atoms with van der Waals surface area (Å²) >= 11 is 0. The fraction of sp³-hybridized carbons (Fsp3) is 0. The fourth-order valence-corrected chi connectivity index (χ4v) is 0.856. The molecule has 4 nitrogen and oxygen atoms in total. The van der Waals surface area contributed by atoms with E-state index in [2.05, 4.69) is 26.5 Å². The standard InChI is InChI=1S/C8H5N4.Rf/c1-2-4-7(5-3-1)8-11-9-6-10-12-8;/h2-6H;/q-1;. The average Bonchev–Trinajstić information content (AvgIpc) is 2.21. The Morgan fingerprint density at radius 3 is 2.23 bits per heavy atom. The number of aromatic nitrogens is 4. The SMILES string of the molecule is [Rf].[c-]1ccc(-c2nncnn2)cc1. The molecule has 0 radical (unpaired) electrons. The van der Waals surface area contributed by atoms with Gasteiger partial charge in [0.05, 0.1) is 0 Å². The van der Waals surface area contributed by atoms with Gasteiger partial charge in [-0.2, -0.15) is 30.3 Å². The van der Waals surface area contributed by atoms with Gasteiger partial charge < -0.3 is 0 Å². The summed E-state index contributed by atoms with van der Waals surface area (Å²) < 4.78 is 0. The van der Waals surface area contributed by atoms with Crippen LogP contribution in [0.5, 0.6) is 0 Å². The zero-order valence-corrected chi connectivity index (χ0v) is 13.3. The first-order valence-corrected chi connectivity index (χ1v) is 3.43. The van der Waals surface area contributed by atoms with Crippen molar-refractivity contribution in [2.75, 3.05) is 0 Å². The second kappa shape index (κ2) is 3.52. The molecule has 1 aromatic carbocycles.